The lowest BCUT2D eigenvalue weighted by Crippen LogP contribution is -2.21. The zero-order chi connectivity index (χ0) is 12.0. The Morgan fingerprint density at radius 3 is 2.62 bits per heavy atom. The Morgan fingerprint density at radius 1 is 1.31 bits per heavy atom. The van der Waals surface area contributed by atoms with Gasteiger partial charge < -0.3 is 15.2 Å². The number of hydrogen-bond donors (Lipinski definition) is 1. The standard InChI is InChI=1S/C13H21NO2/c1-4-10(2)16-9-12(14)11-7-5-6-8-13(11)15-3/h5-8,10,12H,4,9,14H2,1-3H3. The number of ether oxygens (including phenoxy) is 2. The minimum atomic E-state index is -0.134. The maximum Gasteiger partial charge on any atom is 0.123 e. The number of hydrogen-bond acceptors (Lipinski definition) is 3. The van der Waals surface area contributed by atoms with Crippen LogP contribution in [0.3, 0.4) is 0 Å². The molecule has 0 saturated heterocycles. The van der Waals surface area contributed by atoms with Gasteiger partial charge in [0.1, 0.15) is 5.75 Å². The van der Waals surface area contributed by atoms with Crippen LogP contribution in [0, 0.1) is 0 Å². The molecule has 0 amide bonds. The number of rotatable bonds is 6. The van der Waals surface area contributed by atoms with Gasteiger partial charge in [0.15, 0.2) is 0 Å². The third-order valence-corrected chi connectivity index (χ3v) is 2.67. The lowest BCUT2D eigenvalue weighted by atomic mass is 10.1. The van der Waals surface area contributed by atoms with E-state index in [1.54, 1.807) is 7.11 Å². The molecule has 0 radical (unpaired) electrons. The highest BCUT2D eigenvalue weighted by Gasteiger charge is 2.12. The first-order valence-corrected chi connectivity index (χ1v) is 5.69. The molecule has 0 aliphatic rings. The molecule has 0 bridgehead atoms. The molecule has 0 aliphatic heterocycles. The van der Waals surface area contributed by atoms with Crippen molar-refractivity contribution >= 4 is 0 Å². The van der Waals surface area contributed by atoms with Crippen molar-refractivity contribution in [2.75, 3.05) is 13.7 Å². The molecule has 3 heteroatoms. The summed E-state index contributed by atoms with van der Waals surface area (Å²) in [6.45, 7) is 4.67. The minimum Gasteiger partial charge on any atom is -0.496 e. The van der Waals surface area contributed by atoms with Crippen LogP contribution >= 0.6 is 0 Å². The van der Waals surface area contributed by atoms with E-state index in [2.05, 4.69) is 13.8 Å². The molecular formula is C13H21NO2. The largest absolute Gasteiger partial charge is 0.496 e. The third kappa shape index (κ3) is 3.51. The number of nitrogens with two attached hydrogens (primary N) is 1. The normalized spacial score (nSPS) is 14.5. The lowest BCUT2D eigenvalue weighted by molar-refractivity contribution is 0.0535. The molecule has 1 rings (SSSR count). The summed E-state index contributed by atoms with van der Waals surface area (Å²) in [5, 5.41) is 0. The highest BCUT2D eigenvalue weighted by Crippen LogP contribution is 2.23. The maximum absolute atomic E-state index is 6.07. The van der Waals surface area contributed by atoms with E-state index in [-0.39, 0.29) is 12.1 Å². The molecule has 2 atom stereocenters. The molecule has 3 nitrogen and oxygen atoms in total. The van der Waals surface area contributed by atoms with Gasteiger partial charge in [-0.3, -0.25) is 0 Å². The molecule has 0 spiro atoms. The molecule has 0 saturated carbocycles. The zero-order valence-electron chi connectivity index (χ0n) is 10.3. The SMILES string of the molecule is CCC(C)OCC(N)c1ccccc1OC. The molecule has 16 heavy (non-hydrogen) atoms. The molecule has 1 aromatic carbocycles. The highest BCUT2D eigenvalue weighted by molar-refractivity contribution is 5.35. The Morgan fingerprint density at radius 2 is 2.00 bits per heavy atom. The summed E-state index contributed by atoms with van der Waals surface area (Å²) in [5.74, 6) is 0.822. The highest BCUT2D eigenvalue weighted by atomic mass is 16.5. The monoisotopic (exact) mass is 223 g/mol. The van der Waals surface area contributed by atoms with Crippen LogP contribution in [0.15, 0.2) is 24.3 Å². The first-order valence-electron chi connectivity index (χ1n) is 5.69. The van der Waals surface area contributed by atoms with Gasteiger partial charge in [0.05, 0.1) is 25.9 Å². The van der Waals surface area contributed by atoms with Gasteiger partial charge in [-0.2, -0.15) is 0 Å². The summed E-state index contributed by atoms with van der Waals surface area (Å²) in [4.78, 5) is 0. The third-order valence-electron chi connectivity index (χ3n) is 2.67. The first-order chi connectivity index (χ1) is 7.69. The van der Waals surface area contributed by atoms with Crippen molar-refractivity contribution in [3.8, 4) is 5.75 Å². The topological polar surface area (TPSA) is 44.5 Å². The second-order valence-electron chi connectivity index (χ2n) is 3.90. The fourth-order valence-corrected chi connectivity index (χ4v) is 1.45. The number of methoxy groups -OCH3 is 1. The van der Waals surface area contributed by atoms with Crippen LogP contribution in [0.5, 0.6) is 5.75 Å². The van der Waals surface area contributed by atoms with Crippen LogP contribution in [0.1, 0.15) is 31.9 Å². The van der Waals surface area contributed by atoms with E-state index < -0.39 is 0 Å². The molecule has 0 heterocycles. The van der Waals surface area contributed by atoms with Crippen molar-refractivity contribution in [3.05, 3.63) is 29.8 Å². The summed E-state index contributed by atoms with van der Waals surface area (Å²) < 4.78 is 10.9. The molecule has 0 fully saturated rings. The van der Waals surface area contributed by atoms with Crippen LogP contribution in [0.2, 0.25) is 0 Å². The van der Waals surface area contributed by atoms with E-state index in [1.165, 1.54) is 0 Å². The average Bonchev–Trinajstić information content (AvgIpc) is 2.35. The van der Waals surface area contributed by atoms with Crippen LogP contribution < -0.4 is 10.5 Å². The second kappa shape index (κ2) is 6.51. The molecular weight excluding hydrogens is 202 g/mol. The first kappa shape index (κ1) is 13.0. The van der Waals surface area contributed by atoms with E-state index in [4.69, 9.17) is 15.2 Å². The van der Waals surface area contributed by atoms with Gasteiger partial charge in [-0.25, -0.2) is 0 Å². The molecule has 2 unspecified atom stereocenters. The van der Waals surface area contributed by atoms with Gasteiger partial charge in [-0.15, -0.1) is 0 Å². The van der Waals surface area contributed by atoms with Gasteiger partial charge in [-0.05, 0) is 19.4 Å². The summed E-state index contributed by atoms with van der Waals surface area (Å²) in [5.41, 5.74) is 7.06. The summed E-state index contributed by atoms with van der Waals surface area (Å²) in [6.07, 6.45) is 1.25. The van der Waals surface area contributed by atoms with Crippen LogP contribution in [0.25, 0.3) is 0 Å². The quantitative estimate of drug-likeness (QED) is 0.806. The van der Waals surface area contributed by atoms with Gasteiger partial charge in [0.25, 0.3) is 0 Å². The molecule has 1 aromatic rings. The predicted octanol–water partition coefficient (Wildman–Crippen LogP) is 2.51. The number of benzene rings is 1. The van der Waals surface area contributed by atoms with E-state index in [0.717, 1.165) is 17.7 Å². The Labute approximate surface area is 97.6 Å². The van der Waals surface area contributed by atoms with Crippen LogP contribution in [0.4, 0.5) is 0 Å². The predicted molar refractivity (Wildman–Crippen MR) is 65.6 cm³/mol. The van der Waals surface area contributed by atoms with E-state index in [0.29, 0.717) is 6.61 Å². The smallest absolute Gasteiger partial charge is 0.123 e. The molecule has 0 aliphatic carbocycles. The van der Waals surface area contributed by atoms with Crippen molar-refractivity contribution in [2.24, 2.45) is 5.73 Å². The number of para-hydroxylation sites is 1. The Balaban J connectivity index is 2.61. The summed E-state index contributed by atoms with van der Waals surface area (Å²) in [7, 11) is 1.65. The lowest BCUT2D eigenvalue weighted by Gasteiger charge is -2.18. The summed E-state index contributed by atoms with van der Waals surface area (Å²) in [6, 6.07) is 7.65. The van der Waals surface area contributed by atoms with Crippen molar-refractivity contribution < 1.29 is 9.47 Å². The molecule has 90 valence electrons. The summed E-state index contributed by atoms with van der Waals surface area (Å²) >= 11 is 0. The van der Waals surface area contributed by atoms with Crippen molar-refractivity contribution in [3.63, 3.8) is 0 Å². The Hall–Kier alpha value is -1.06. The van der Waals surface area contributed by atoms with E-state index in [9.17, 15) is 0 Å². The van der Waals surface area contributed by atoms with E-state index >= 15 is 0 Å². The van der Waals surface area contributed by atoms with Gasteiger partial charge in [0.2, 0.25) is 0 Å². The van der Waals surface area contributed by atoms with Crippen molar-refractivity contribution in [2.45, 2.75) is 32.4 Å². The van der Waals surface area contributed by atoms with Gasteiger partial charge in [0, 0.05) is 5.56 Å². The molecule has 2 N–H and O–H groups in total. The van der Waals surface area contributed by atoms with E-state index in [1.807, 2.05) is 24.3 Å². The Bertz CT molecular complexity index is 315. The van der Waals surface area contributed by atoms with Crippen molar-refractivity contribution in [1.29, 1.82) is 0 Å². The fourth-order valence-electron chi connectivity index (χ4n) is 1.45. The van der Waals surface area contributed by atoms with Crippen molar-refractivity contribution in [1.82, 2.24) is 0 Å². The second-order valence-corrected chi connectivity index (χ2v) is 3.90. The Kier molecular flexibility index (Phi) is 5.29. The zero-order valence-corrected chi connectivity index (χ0v) is 10.3. The molecule has 0 aromatic heterocycles. The van der Waals surface area contributed by atoms with Gasteiger partial charge >= 0.3 is 0 Å². The van der Waals surface area contributed by atoms with Crippen LogP contribution in [-0.2, 0) is 4.74 Å². The fraction of sp³-hybridized carbons (Fsp3) is 0.538. The minimum absolute atomic E-state index is 0.134. The average molecular weight is 223 g/mol. The van der Waals surface area contributed by atoms with Gasteiger partial charge in [-0.1, -0.05) is 25.1 Å². The van der Waals surface area contributed by atoms with Crippen LogP contribution in [-0.4, -0.2) is 19.8 Å². The maximum atomic E-state index is 6.07.